The molecule has 0 spiro atoms. The number of carbonyl (C=O) groups is 2. The number of oxazole rings is 1. The largest absolute Gasteiger partial charge is 0.434 e. The predicted molar refractivity (Wildman–Crippen MR) is 106 cm³/mol. The van der Waals surface area contributed by atoms with Crippen LogP contribution in [0.2, 0.25) is 25.7 Å². The van der Waals surface area contributed by atoms with Gasteiger partial charge in [-0.3, -0.25) is 9.59 Å². The molecule has 7 heteroatoms. The molecule has 0 aliphatic rings. The number of nitrogens with zero attached hydrogens (tertiary/aromatic N) is 1. The lowest BCUT2D eigenvalue weighted by Gasteiger charge is -2.23. The van der Waals surface area contributed by atoms with Crippen LogP contribution in [0.5, 0.6) is 0 Å². The summed E-state index contributed by atoms with van der Waals surface area (Å²) in [6, 6.07) is 6.64. The highest BCUT2D eigenvalue weighted by Gasteiger charge is 2.29. The molecule has 0 aliphatic carbocycles. The first-order valence-corrected chi connectivity index (χ1v) is 12.9. The molecule has 1 aromatic heterocycles. The number of rotatable bonds is 9. The topological polar surface area (TPSA) is 98.2 Å². The number of benzene rings is 1. The minimum Gasteiger partial charge on any atom is -0.434 e. The maximum absolute atomic E-state index is 12.9. The van der Waals surface area contributed by atoms with Gasteiger partial charge in [-0.15, -0.1) is 0 Å². The van der Waals surface area contributed by atoms with Crippen molar-refractivity contribution in [3.8, 4) is 0 Å². The highest BCUT2D eigenvalue weighted by atomic mass is 28.3. The minimum atomic E-state index is -1.47. The van der Waals surface area contributed by atoms with Crippen LogP contribution in [0.1, 0.15) is 36.9 Å². The number of fused-ring (bicyclic) bond motifs is 1. The van der Waals surface area contributed by atoms with Crippen LogP contribution in [0.3, 0.4) is 0 Å². The standard InChI is InChI=1S/C19H29N3O3Si/c1-5-6-9-15(21-18(24)13(20)12-26(2,3)4)17(23)19-22-14-10-7-8-11-16(14)25-19/h7-8,10-11,13,15H,5-6,9,12,20H2,1-4H3,(H,21,24)/t13-,15-/m0/s1. The zero-order valence-electron chi connectivity index (χ0n) is 16.0. The third kappa shape index (κ3) is 5.50. The van der Waals surface area contributed by atoms with Crippen LogP contribution in [-0.4, -0.2) is 36.8 Å². The summed E-state index contributed by atoms with van der Waals surface area (Å²) in [6.07, 6.45) is 2.29. The van der Waals surface area contributed by atoms with Crippen molar-refractivity contribution in [3.05, 3.63) is 30.2 Å². The average Bonchev–Trinajstić information content (AvgIpc) is 3.00. The van der Waals surface area contributed by atoms with Crippen molar-refractivity contribution in [2.45, 2.75) is 64.0 Å². The molecule has 26 heavy (non-hydrogen) atoms. The molecule has 0 unspecified atom stereocenters. The van der Waals surface area contributed by atoms with Gasteiger partial charge in [0.2, 0.25) is 11.7 Å². The molecule has 0 aliphatic heterocycles. The van der Waals surface area contributed by atoms with Gasteiger partial charge in [-0.25, -0.2) is 4.98 Å². The van der Waals surface area contributed by atoms with Crippen molar-refractivity contribution < 1.29 is 14.0 Å². The number of Topliss-reactive ketones (excluding diaryl/α,β-unsaturated/α-hetero) is 1. The molecular weight excluding hydrogens is 346 g/mol. The fourth-order valence-corrected chi connectivity index (χ4v) is 4.34. The van der Waals surface area contributed by atoms with E-state index in [1.165, 1.54) is 0 Å². The van der Waals surface area contributed by atoms with Gasteiger partial charge in [0.1, 0.15) is 5.52 Å². The lowest BCUT2D eigenvalue weighted by molar-refractivity contribution is -0.122. The van der Waals surface area contributed by atoms with Gasteiger partial charge < -0.3 is 15.5 Å². The summed E-state index contributed by atoms with van der Waals surface area (Å²) >= 11 is 0. The number of aromatic nitrogens is 1. The Balaban J connectivity index is 2.15. The van der Waals surface area contributed by atoms with Gasteiger partial charge >= 0.3 is 0 Å². The van der Waals surface area contributed by atoms with Crippen LogP contribution in [-0.2, 0) is 4.79 Å². The second-order valence-corrected chi connectivity index (χ2v) is 13.5. The minimum absolute atomic E-state index is 0.0337. The first kappa shape index (κ1) is 20.3. The van der Waals surface area contributed by atoms with Gasteiger partial charge in [0.05, 0.1) is 12.1 Å². The van der Waals surface area contributed by atoms with E-state index in [0.29, 0.717) is 23.6 Å². The summed E-state index contributed by atoms with van der Waals surface area (Å²) in [5.41, 5.74) is 7.25. The van der Waals surface area contributed by atoms with Crippen molar-refractivity contribution >= 4 is 30.9 Å². The Hall–Kier alpha value is -1.99. The molecule has 142 valence electrons. The lowest BCUT2D eigenvalue weighted by atomic mass is 10.0. The van der Waals surface area contributed by atoms with Gasteiger partial charge in [0.15, 0.2) is 5.58 Å². The van der Waals surface area contributed by atoms with E-state index in [9.17, 15) is 9.59 Å². The monoisotopic (exact) mass is 375 g/mol. The number of nitrogens with one attached hydrogen (secondary N) is 1. The molecule has 2 aromatic rings. The molecule has 6 nitrogen and oxygen atoms in total. The van der Waals surface area contributed by atoms with E-state index < -0.39 is 20.2 Å². The Morgan fingerprint density at radius 3 is 2.58 bits per heavy atom. The molecule has 0 bridgehead atoms. The number of hydrogen-bond donors (Lipinski definition) is 2. The Bertz CT molecular complexity index is 734. The molecule has 0 saturated heterocycles. The Kier molecular flexibility index (Phi) is 6.72. The van der Waals surface area contributed by atoms with Crippen LogP contribution in [0, 0.1) is 0 Å². The van der Waals surface area contributed by atoms with Gasteiger partial charge in [-0.05, 0) is 24.6 Å². The summed E-state index contributed by atoms with van der Waals surface area (Å²) in [5.74, 6) is -0.549. The second kappa shape index (κ2) is 8.59. The smallest absolute Gasteiger partial charge is 0.266 e. The summed E-state index contributed by atoms with van der Waals surface area (Å²) in [5, 5.41) is 2.83. The number of para-hydroxylation sites is 2. The van der Waals surface area contributed by atoms with Crippen LogP contribution in [0.4, 0.5) is 0 Å². The summed E-state index contributed by atoms with van der Waals surface area (Å²) in [4.78, 5) is 29.6. The van der Waals surface area contributed by atoms with Crippen molar-refractivity contribution in [1.29, 1.82) is 0 Å². The zero-order chi connectivity index (χ0) is 19.3. The molecule has 0 radical (unpaired) electrons. The third-order valence-corrected chi connectivity index (χ3v) is 5.82. The van der Waals surface area contributed by atoms with Crippen LogP contribution in [0.15, 0.2) is 28.7 Å². The first-order valence-electron chi connectivity index (χ1n) is 9.17. The molecule has 0 saturated carbocycles. The van der Waals surface area contributed by atoms with E-state index in [0.717, 1.165) is 12.8 Å². The van der Waals surface area contributed by atoms with E-state index in [1.807, 2.05) is 19.1 Å². The highest BCUT2D eigenvalue weighted by molar-refractivity contribution is 6.76. The quantitative estimate of drug-likeness (QED) is 0.517. The molecular formula is C19H29N3O3Si. The highest BCUT2D eigenvalue weighted by Crippen LogP contribution is 2.18. The fraction of sp³-hybridized carbons (Fsp3) is 0.526. The van der Waals surface area contributed by atoms with Gasteiger partial charge in [0, 0.05) is 8.07 Å². The number of hydrogen-bond acceptors (Lipinski definition) is 5. The van der Waals surface area contributed by atoms with E-state index in [-0.39, 0.29) is 17.6 Å². The van der Waals surface area contributed by atoms with Crippen molar-refractivity contribution in [2.75, 3.05) is 0 Å². The maximum Gasteiger partial charge on any atom is 0.266 e. The number of ketones is 1. The van der Waals surface area contributed by atoms with Gasteiger partial charge in [-0.1, -0.05) is 51.5 Å². The lowest BCUT2D eigenvalue weighted by Crippen LogP contribution is -2.50. The molecule has 1 amide bonds. The van der Waals surface area contributed by atoms with Gasteiger partial charge in [-0.2, -0.15) is 0 Å². The Morgan fingerprint density at radius 2 is 1.96 bits per heavy atom. The normalized spacial score (nSPS) is 14.2. The molecule has 3 N–H and O–H groups in total. The first-order chi connectivity index (χ1) is 12.2. The van der Waals surface area contributed by atoms with E-state index in [1.54, 1.807) is 12.1 Å². The molecule has 0 fully saturated rings. The Morgan fingerprint density at radius 1 is 1.27 bits per heavy atom. The molecule has 1 heterocycles. The number of nitrogens with two attached hydrogens (primary N) is 1. The summed E-state index contributed by atoms with van der Waals surface area (Å²) in [7, 11) is -1.47. The third-order valence-electron chi connectivity index (χ3n) is 4.15. The number of unbranched alkanes of at least 4 members (excludes halogenated alkanes) is 1. The fourth-order valence-electron chi connectivity index (χ4n) is 2.83. The van der Waals surface area contributed by atoms with Crippen molar-refractivity contribution in [1.82, 2.24) is 10.3 Å². The molecule has 1 aromatic carbocycles. The van der Waals surface area contributed by atoms with E-state index in [2.05, 4.69) is 29.9 Å². The predicted octanol–water partition coefficient (Wildman–Crippen LogP) is 3.35. The van der Waals surface area contributed by atoms with Crippen molar-refractivity contribution in [3.63, 3.8) is 0 Å². The average molecular weight is 376 g/mol. The molecule has 2 atom stereocenters. The van der Waals surface area contributed by atoms with Crippen LogP contribution >= 0.6 is 0 Å². The summed E-state index contributed by atoms with van der Waals surface area (Å²) < 4.78 is 5.58. The SMILES string of the molecule is CCCC[C@H](NC(=O)[C@@H](N)C[Si](C)(C)C)C(=O)c1nc2ccccc2o1. The zero-order valence-corrected chi connectivity index (χ0v) is 17.0. The number of carbonyl (C=O) groups excluding carboxylic acids is 2. The van der Waals surface area contributed by atoms with Gasteiger partial charge in [0.25, 0.3) is 5.89 Å². The van der Waals surface area contributed by atoms with Crippen LogP contribution in [0.25, 0.3) is 11.1 Å². The Labute approximate surface area is 155 Å². The van der Waals surface area contributed by atoms with E-state index in [4.69, 9.17) is 10.2 Å². The number of amides is 1. The van der Waals surface area contributed by atoms with Crippen molar-refractivity contribution in [2.24, 2.45) is 5.73 Å². The van der Waals surface area contributed by atoms with Crippen LogP contribution < -0.4 is 11.1 Å². The molecule has 2 rings (SSSR count). The van der Waals surface area contributed by atoms with E-state index >= 15 is 0 Å². The second-order valence-electron chi connectivity index (χ2n) is 7.93. The maximum atomic E-state index is 12.9. The summed E-state index contributed by atoms with van der Waals surface area (Å²) in [6.45, 7) is 8.54.